The van der Waals surface area contributed by atoms with E-state index in [0.717, 1.165) is 36.1 Å². The van der Waals surface area contributed by atoms with Crippen molar-refractivity contribution in [2.45, 2.75) is 24.9 Å². The summed E-state index contributed by atoms with van der Waals surface area (Å²) >= 11 is 1.05. The van der Waals surface area contributed by atoms with Gasteiger partial charge in [-0.15, -0.1) is 11.3 Å². The Labute approximate surface area is 135 Å². The number of anilines is 1. The van der Waals surface area contributed by atoms with Crippen LogP contribution >= 0.6 is 11.3 Å². The second-order valence-electron chi connectivity index (χ2n) is 5.34. The van der Waals surface area contributed by atoms with Crippen molar-refractivity contribution in [3.8, 4) is 6.07 Å². The Morgan fingerprint density at radius 1 is 1.39 bits per heavy atom. The lowest BCUT2D eigenvalue weighted by atomic mass is 9.98. The monoisotopic (exact) mass is 338 g/mol. The number of hydrogen-bond donors (Lipinski definition) is 0. The van der Waals surface area contributed by atoms with Crippen molar-refractivity contribution in [1.29, 1.82) is 5.26 Å². The van der Waals surface area contributed by atoms with Crippen LogP contribution in [0, 0.1) is 11.3 Å². The van der Waals surface area contributed by atoms with Crippen molar-refractivity contribution in [3.05, 3.63) is 40.0 Å². The summed E-state index contributed by atoms with van der Waals surface area (Å²) in [7, 11) is 0. The van der Waals surface area contributed by atoms with Crippen LogP contribution in [0.4, 0.5) is 19.0 Å². The molecule has 0 aliphatic carbocycles. The van der Waals surface area contributed by atoms with Gasteiger partial charge in [0, 0.05) is 30.6 Å². The van der Waals surface area contributed by atoms with E-state index in [-0.39, 0.29) is 5.92 Å². The zero-order valence-corrected chi connectivity index (χ0v) is 12.9. The summed E-state index contributed by atoms with van der Waals surface area (Å²) in [6.45, 7) is 1.26. The smallest absolute Gasteiger partial charge is 0.355 e. The van der Waals surface area contributed by atoms with E-state index >= 15 is 0 Å². The van der Waals surface area contributed by atoms with Gasteiger partial charge < -0.3 is 4.90 Å². The molecule has 2 aromatic heterocycles. The van der Waals surface area contributed by atoms with E-state index in [9.17, 15) is 18.4 Å². The maximum absolute atomic E-state index is 12.7. The van der Waals surface area contributed by atoms with Gasteiger partial charge in [-0.25, -0.2) is 9.97 Å². The van der Waals surface area contributed by atoms with Gasteiger partial charge in [0.05, 0.1) is 10.6 Å². The Hall–Kier alpha value is -2.14. The molecule has 0 amide bonds. The van der Waals surface area contributed by atoms with Gasteiger partial charge in [-0.3, -0.25) is 0 Å². The van der Waals surface area contributed by atoms with E-state index in [2.05, 4.69) is 16.0 Å². The predicted molar refractivity (Wildman–Crippen MR) is 80.3 cm³/mol. The molecule has 1 aliphatic rings. The van der Waals surface area contributed by atoms with Gasteiger partial charge >= 0.3 is 6.18 Å². The molecule has 3 rings (SSSR count). The van der Waals surface area contributed by atoms with E-state index in [1.54, 1.807) is 18.3 Å². The summed E-state index contributed by atoms with van der Waals surface area (Å²) in [4.78, 5) is 9.97. The molecule has 0 spiro atoms. The van der Waals surface area contributed by atoms with E-state index in [4.69, 9.17) is 0 Å². The molecule has 4 nitrogen and oxygen atoms in total. The summed E-state index contributed by atoms with van der Waals surface area (Å²) in [6.07, 6.45) is -1.17. The largest absolute Gasteiger partial charge is 0.434 e. The predicted octanol–water partition coefficient (Wildman–Crippen LogP) is 3.81. The Morgan fingerprint density at radius 3 is 2.91 bits per heavy atom. The van der Waals surface area contributed by atoms with Crippen LogP contribution < -0.4 is 4.90 Å². The van der Waals surface area contributed by atoms with E-state index in [1.807, 2.05) is 4.90 Å². The first-order valence-corrected chi connectivity index (χ1v) is 7.99. The standard InChI is InChI=1S/C15H13F3N4S/c16-15(17,18)12-9-23-14(21-12)11-4-2-6-22(8-11)13-10(7-19)3-1-5-20-13/h1,3,5,9,11H,2,4,6,8H2. The second kappa shape index (κ2) is 6.16. The second-order valence-corrected chi connectivity index (χ2v) is 6.23. The van der Waals surface area contributed by atoms with Crippen molar-refractivity contribution in [3.63, 3.8) is 0 Å². The molecule has 3 heterocycles. The summed E-state index contributed by atoms with van der Waals surface area (Å²) in [5, 5.41) is 10.7. The molecule has 0 bridgehead atoms. The molecule has 23 heavy (non-hydrogen) atoms. The quantitative estimate of drug-likeness (QED) is 0.835. The number of alkyl halides is 3. The minimum absolute atomic E-state index is 0.0709. The van der Waals surface area contributed by atoms with Gasteiger partial charge in [-0.1, -0.05) is 0 Å². The van der Waals surface area contributed by atoms with Gasteiger partial charge in [0.15, 0.2) is 5.69 Å². The number of piperidine rings is 1. The number of rotatable bonds is 2. The van der Waals surface area contributed by atoms with Crippen LogP contribution in [-0.2, 0) is 6.18 Å². The molecule has 0 saturated carbocycles. The van der Waals surface area contributed by atoms with Crippen molar-refractivity contribution < 1.29 is 13.2 Å². The molecule has 1 fully saturated rings. The van der Waals surface area contributed by atoms with Crippen LogP contribution in [0.3, 0.4) is 0 Å². The maximum atomic E-state index is 12.7. The zero-order chi connectivity index (χ0) is 16.4. The van der Waals surface area contributed by atoms with Crippen molar-refractivity contribution in [2.24, 2.45) is 0 Å². The van der Waals surface area contributed by atoms with Gasteiger partial charge in [0.2, 0.25) is 0 Å². The third-order valence-corrected chi connectivity index (χ3v) is 4.80. The van der Waals surface area contributed by atoms with Gasteiger partial charge in [0.1, 0.15) is 11.9 Å². The lowest BCUT2D eigenvalue weighted by molar-refractivity contribution is -0.140. The molecule has 1 aliphatic heterocycles. The van der Waals surface area contributed by atoms with Crippen LogP contribution in [0.2, 0.25) is 0 Å². The van der Waals surface area contributed by atoms with Gasteiger partial charge in [-0.2, -0.15) is 18.4 Å². The highest BCUT2D eigenvalue weighted by atomic mass is 32.1. The molecule has 1 saturated heterocycles. The SMILES string of the molecule is N#Cc1cccnc1N1CCCC(c2nc(C(F)(F)F)cs2)C1. The fourth-order valence-corrected chi connectivity index (χ4v) is 3.67. The molecular formula is C15H13F3N4S. The lowest BCUT2D eigenvalue weighted by Gasteiger charge is -2.33. The molecular weight excluding hydrogens is 325 g/mol. The lowest BCUT2D eigenvalue weighted by Crippen LogP contribution is -2.35. The number of halogens is 3. The Kier molecular flexibility index (Phi) is 4.22. The van der Waals surface area contributed by atoms with Gasteiger partial charge in [-0.05, 0) is 25.0 Å². The van der Waals surface area contributed by atoms with Crippen LogP contribution in [0.5, 0.6) is 0 Å². The average molecular weight is 338 g/mol. The number of nitriles is 1. The first-order valence-electron chi connectivity index (χ1n) is 7.11. The molecule has 1 unspecified atom stereocenters. The third-order valence-electron chi connectivity index (χ3n) is 3.79. The van der Waals surface area contributed by atoms with E-state index in [1.165, 1.54) is 0 Å². The van der Waals surface area contributed by atoms with Gasteiger partial charge in [0.25, 0.3) is 0 Å². The Balaban J connectivity index is 1.81. The number of nitrogens with zero attached hydrogens (tertiary/aromatic N) is 4. The summed E-state index contributed by atoms with van der Waals surface area (Å²) in [5.41, 5.74) is -0.353. The first kappa shape index (κ1) is 15.7. The van der Waals surface area contributed by atoms with Crippen molar-refractivity contribution in [1.82, 2.24) is 9.97 Å². The fourth-order valence-electron chi connectivity index (χ4n) is 2.71. The summed E-state index contributed by atoms with van der Waals surface area (Å²) < 4.78 is 38.1. The van der Waals surface area contributed by atoms with Crippen LogP contribution in [0.1, 0.15) is 35.0 Å². The minimum Gasteiger partial charge on any atom is -0.355 e. The normalized spacial score (nSPS) is 18.7. The third kappa shape index (κ3) is 3.29. The zero-order valence-electron chi connectivity index (χ0n) is 12.0. The summed E-state index contributed by atoms with van der Waals surface area (Å²) in [6, 6.07) is 5.49. The van der Waals surface area contributed by atoms with Crippen LogP contribution in [0.25, 0.3) is 0 Å². The molecule has 2 aromatic rings. The van der Waals surface area contributed by atoms with Crippen LogP contribution in [0.15, 0.2) is 23.7 Å². The number of hydrogen-bond acceptors (Lipinski definition) is 5. The van der Waals surface area contributed by atoms with Crippen molar-refractivity contribution >= 4 is 17.2 Å². The highest BCUT2D eigenvalue weighted by molar-refractivity contribution is 7.09. The van der Waals surface area contributed by atoms with E-state index < -0.39 is 11.9 Å². The molecule has 1 atom stereocenters. The number of pyridine rings is 1. The Bertz CT molecular complexity index is 735. The molecule has 8 heteroatoms. The maximum Gasteiger partial charge on any atom is 0.434 e. The highest BCUT2D eigenvalue weighted by Gasteiger charge is 2.35. The summed E-state index contributed by atoms with van der Waals surface area (Å²) in [5.74, 6) is 0.519. The molecule has 120 valence electrons. The topological polar surface area (TPSA) is 52.8 Å². The molecule has 0 radical (unpaired) electrons. The van der Waals surface area contributed by atoms with Crippen LogP contribution in [-0.4, -0.2) is 23.1 Å². The average Bonchev–Trinajstić information content (AvgIpc) is 3.05. The highest BCUT2D eigenvalue weighted by Crippen LogP contribution is 2.36. The Morgan fingerprint density at radius 2 is 2.22 bits per heavy atom. The number of thiazole rings is 1. The fraction of sp³-hybridized carbons (Fsp3) is 0.400. The first-order chi connectivity index (χ1) is 11.0. The van der Waals surface area contributed by atoms with Crippen molar-refractivity contribution in [2.75, 3.05) is 18.0 Å². The van der Waals surface area contributed by atoms with E-state index in [0.29, 0.717) is 22.9 Å². The minimum atomic E-state index is -4.40. The molecule has 0 N–H and O–H groups in total. The molecule has 0 aromatic carbocycles. The number of aromatic nitrogens is 2.